The Kier molecular flexibility index (Phi) is 8.48. The Balaban J connectivity index is 1.61. The number of methoxy groups -OCH3 is 1. The van der Waals surface area contributed by atoms with Crippen molar-refractivity contribution in [2.24, 2.45) is 5.10 Å². The number of carbonyl (C=O) groups excluding carboxylic acids is 3. The Morgan fingerprint density at radius 1 is 0.912 bits per heavy atom. The van der Waals surface area contributed by atoms with E-state index in [9.17, 15) is 14.4 Å². The number of halogens is 3. The number of hydrogen-bond acceptors (Lipinski definition) is 6. The highest BCUT2D eigenvalue weighted by Crippen LogP contribution is 2.30. The lowest BCUT2D eigenvalue weighted by Crippen LogP contribution is -2.32. The number of hydrogen-bond donors (Lipinski definition) is 2. The highest BCUT2D eigenvalue weighted by Gasteiger charge is 2.16. The average Bonchev–Trinajstić information content (AvgIpc) is 2.83. The third-order valence-electron chi connectivity index (χ3n) is 4.26. The van der Waals surface area contributed by atoms with Gasteiger partial charge >= 0.3 is 17.8 Å². The molecular weight excluding hydrogens is 505 g/mol. The summed E-state index contributed by atoms with van der Waals surface area (Å²) in [6.07, 6.45) is 1.28. The van der Waals surface area contributed by atoms with Crippen molar-refractivity contribution in [3.63, 3.8) is 0 Å². The molecule has 0 radical (unpaired) electrons. The van der Waals surface area contributed by atoms with E-state index in [-0.39, 0.29) is 27.2 Å². The Labute approximate surface area is 209 Å². The van der Waals surface area contributed by atoms with Gasteiger partial charge in [0, 0.05) is 5.02 Å². The van der Waals surface area contributed by atoms with E-state index in [0.717, 1.165) is 0 Å². The van der Waals surface area contributed by atoms with Crippen LogP contribution >= 0.6 is 34.8 Å². The summed E-state index contributed by atoms with van der Waals surface area (Å²) in [5, 5.41) is 6.92. The summed E-state index contributed by atoms with van der Waals surface area (Å²) in [7, 11) is 1.41. The summed E-state index contributed by atoms with van der Waals surface area (Å²) in [4.78, 5) is 36.3. The lowest BCUT2D eigenvalue weighted by Gasteiger charge is -2.10. The molecule has 2 N–H and O–H groups in total. The first-order valence-electron chi connectivity index (χ1n) is 9.52. The number of benzene rings is 3. The number of amides is 2. The number of nitrogens with zero attached hydrogens (tertiary/aromatic N) is 1. The molecule has 0 aliphatic rings. The zero-order chi connectivity index (χ0) is 24.7. The molecule has 0 bridgehead atoms. The molecule has 0 unspecified atom stereocenters. The molecule has 0 heterocycles. The summed E-state index contributed by atoms with van der Waals surface area (Å²) >= 11 is 17.7. The van der Waals surface area contributed by atoms with Gasteiger partial charge in [-0.15, -0.1) is 0 Å². The van der Waals surface area contributed by atoms with E-state index in [2.05, 4.69) is 15.8 Å². The van der Waals surface area contributed by atoms with Gasteiger partial charge in [-0.25, -0.2) is 10.2 Å². The van der Waals surface area contributed by atoms with Gasteiger partial charge in [-0.1, -0.05) is 40.9 Å². The second-order valence-electron chi connectivity index (χ2n) is 6.56. The largest absolute Gasteiger partial charge is 0.493 e. The number of anilines is 1. The highest BCUT2D eigenvalue weighted by molar-refractivity contribution is 6.45. The van der Waals surface area contributed by atoms with Crippen LogP contribution in [0.2, 0.25) is 15.1 Å². The van der Waals surface area contributed by atoms with Crippen molar-refractivity contribution in [1.29, 1.82) is 0 Å². The van der Waals surface area contributed by atoms with E-state index in [0.29, 0.717) is 16.1 Å². The van der Waals surface area contributed by atoms with Gasteiger partial charge in [-0.05, 0) is 60.2 Å². The number of esters is 1. The summed E-state index contributed by atoms with van der Waals surface area (Å²) in [6.45, 7) is 0. The van der Waals surface area contributed by atoms with E-state index < -0.39 is 17.8 Å². The van der Waals surface area contributed by atoms with Gasteiger partial charge in [0.25, 0.3) is 0 Å². The molecule has 0 aliphatic carbocycles. The summed E-state index contributed by atoms with van der Waals surface area (Å²) in [5.41, 5.74) is 3.11. The monoisotopic (exact) mass is 519 g/mol. The normalized spacial score (nSPS) is 10.6. The van der Waals surface area contributed by atoms with Crippen LogP contribution in [0.5, 0.6) is 11.5 Å². The quantitative estimate of drug-likeness (QED) is 0.157. The molecular formula is C23H16Cl3N3O5. The smallest absolute Gasteiger partial charge is 0.343 e. The molecule has 0 aliphatic heterocycles. The molecule has 11 heteroatoms. The van der Waals surface area contributed by atoms with Crippen LogP contribution < -0.4 is 20.2 Å². The maximum absolute atomic E-state index is 12.3. The lowest BCUT2D eigenvalue weighted by atomic mass is 10.2. The molecule has 3 aromatic carbocycles. The SMILES string of the molecule is COc1cc(/C=N\NC(=O)C(=O)Nc2cccc(Cl)c2Cl)ccc1OC(=O)c1ccc(Cl)cc1. The Morgan fingerprint density at radius 2 is 1.65 bits per heavy atom. The zero-order valence-electron chi connectivity index (χ0n) is 17.5. The van der Waals surface area contributed by atoms with Crippen molar-refractivity contribution in [3.05, 3.63) is 86.9 Å². The number of carbonyl (C=O) groups is 3. The van der Waals surface area contributed by atoms with Gasteiger partial charge in [0.1, 0.15) is 0 Å². The summed E-state index contributed by atoms with van der Waals surface area (Å²) in [5.74, 6) is -2.15. The average molecular weight is 521 g/mol. The second-order valence-corrected chi connectivity index (χ2v) is 7.78. The highest BCUT2D eigenvalue weighted by atomic mass is 35.5. The Hall–Kier alpha value is -3.59. The Morgan fingerprint density at radius 3 is 2.35 bits per heavy atom. The summed E-state index contributed by atoms with van der Waals surface area (Å²) < 4.78 is 10.6. The van der Waals surface area contributed by atoms with E-state index in [1.165, 1.54) is 43.7 Å². The summed E-state index contributed by atoms with van der Waals surface area (Å²) in [6, 6.07) is 15.5. The molecule has 0 fully saturated rings. The van der Waals surface area contributed by atoms with Crippen LogP contribution in [0.3, 0.4) is 0 Å². The van der Waals surface area contributed by atoms with Crippen molar-refractivity contribution >= 4 is 64.5 Å². The van der Waals surface area contributed by atoms with Crippen molar-refractivity contribution in [2.75, 3.05) is 12.4 Å². The van der Waals surface area contributed by atoms with Gasteiger partial charge in [-0.2, -0.15) is 5.10 Å². The topological polar surface area (TPSA) is 106 Å². The maximum Gasteiger partial charge on any atom is 0.343 e. The third kappa shape index (κ3) is 6.48. The molecule has 0 saturated heterocycles. The first kappa shape index (κ1) is 25.0. The molecule has 0 atom stereocenters. The minimum Gasteiger partial charge on any atom is -0.493 e. The number of ether oxygens (including phenoxy) is 2. The van der Waals surface area contributed by atoms with E-state index in [4.69, 9.17) is 44.3 Å². The predicted octanol–water partition coefficient (Wildman–Crippen LogP) is 4.96. The van der Waals surface area contributed by atoms with Crippen LogP contribution in [0, 0.1) is 0 Å². The van der Waals surface area contributed by atoms with E-state index in [1.54, 1.807) is 30.3 Å². The minimum absolute atomic E-state index is 0.109. The number of rotatable bonds is 6. The predicted molar refractivity (Wildman–Crippen MR) is 130 cm³/mol. The van der Waals surface area contributed by atoms with Gasteiger partial charge in [0.15, 0.2) is 11.5 Å². The second kappa shape index (κ2) is 11.5. The zero-order valence-corrected chi connectivity index (χ0v) is 19.7. The van der Waals surface area contributed by atoms with Crippen LogP contribution in [0.15, 0.2) is 65.8 Å². The van der Waals surface area contributed by atoms with Crippen LogP contribution in [0.1, 0.15) is 15.9 Å². The standard InChI is InChI=1S/C23H16Cl3N3O5/c1-33-19-11-13(5-10-18(19)34-23(32)14-6-8-15(24)9-7-14)12-27-29-22(31)21(30)28-17-4-2-3-16(25)20(17)26/h2-12H,1H3,(H,28,30)(H,29,31)/b27-12-. The van der Waals surface area contributed by atoms with Gasteiger partial charge in [-0.3, -0.25) is 9.59 Å². The molecule has 174 valence electrons. The molecule has 34 heavy (non-hydrogen) atoms. The fraction of sp³-hybridized carbons (Fsp3) is 0.0435. The fourth-order valence-corrected chi connectivity index (χ4v) is 3.06. The minimum atomic E-state index is -1.02. The van der Waals surface area contributed by atoms with Crippen LogP contribution in [0.4, 0.5) is 5.69 Å². The molecule has 0 saturated carbocycles. The van der Waals surface area contributed by atoms with Crippen molar-refractivity contribution in [3.8, 4) is 11.5 Å². The van der Waals surface area contributed by atoms with Crippen LogP contribution in [-0.2, 0) is 9.59 Å². The molecule has 2 amide bonds. The fourth-order valence-electron chi connectivity index (χ4n) is 2.59. The van der Waals surface area contributed by atoms with Gasteiger partial charge in [0.05, 0.1) is 34.6 Å². The van der Waals surface area contributed by atoms with Gasteiger partial charge < -0.3 is 14.8 Å². The third-order valence-corrected chi connectivity index (χ3v) is 5.33. The van der Waals surface area contributed by atoms with Crippen LogP contribution in [-0.4, -0.2) is 31.1 Å². The molecule has 8 nitrogen and oxygen atoms in total. The number of hydrazone groups is 1. The number of nitrogens with one attached hydrogen (secondary N) is 2. The van der Waals surface area contributed by atoms with Crippen molar-refractivity contribution in [1.82, 2.24) is 5.43 Å². The van der Waals surface area contributed by atoms with Gasteiger partial charge in [0.2, 0.25) is 0 Å². The lowest BCUT2D eigenvalue weighted by molar-refractivity contribution is -0.136. The van der Waals surface area contributed by atoms with Crippen molar-refractivity contribution < 1.29 is 23.9 Å². The van der Waals surface area contributed by atoms with E-state index in [1.807, 2.05) is 0 Å². The first-order chi connectivity index (χ1) is 16.3. The molecule has 3 aromatic rings. The Bertz CT molecular complexity index is 1260. The molecule has 0 spiro atoms. The molecule has 3 rings (SSSR count). The van der Waals surface area contributed by atoms with Crippen LogP contribution in [0.25, 0.3) is 0 Å². The first-order valence-corrected chi connectivity index (χ1v) is 10.7. The van der Waals surface area contributed by atoms with Crippen molar-refractivity contribution in [2.45, 2.75) is 0 Å². The molecule has 0 aromatic heterocycles. The maximum atomic E-state index is 12.3. The van der Waals surface area contributed by atoms with E-state index >= 15 is 0 Å².